The molecule has 1 aliphatic heterocycles. The summed E-state index contributed by atoms with van der Waals surface area (Å²) in [6.45, 7) is 0.206. The SMILES string of the molecule is COc1cc(C2C(C#N)=C(N)Oc3c2c(=O)[nH]c2ccccc32)ccc1OCc1ccc(F)cc1. The van der Waals surface area contributed by atoms with Crippen molar-refractivity contribution in [2.24, 2.45) is 5.73 Å². The van der Waals surface area contributed by atoms with Crippen LogP contribution in [0.15, 0.2) is 83.0 Å². The molecule has 5 rings (SSSR count). The Kier molecular flexibility index (Phi) is 5.59. The van der Waals surface area contributed by atoms with Gasteiger partial charge in [0.15, 0.2) is 11.5 Å². The highest BCUT2D eigenvalue weighted by Gasteiger charge is 2.35. The molecule has 0 fully saturated rings. The zero-order chi connectivity index (χ0) is 24.5. The van der Waals surface area contributed by atoms with Crippen LogP contribution in [0.1, 0.15) is 22.6 Å². The van der Waals surface area contributed by atoms with Crippen LogP contribution in [0.25, 0.3) is 10.9 Å². The van der Waals surface area contributed by atoms with Crippen molar-refractivity contribution in [2.45, 2.75) is 12.5 Å². The molecule has 1 unspecified atom stereocenters. The molecule has 7 nitrogen and oxygen atoms in total. The highest BCUT2D eigenvalue weighted by molar-refractivity contribution is 5.87. The van der Waals surface area contributed by atoms with Crippen LogP contribution in [0.2, 0.25) is 0 Å². The molecule has 1 aliphatic rings. The van der Waals surface area contributed by atoms with Gasteiger partial charge in [-0.05, 0) is 47.5 Å². The highest BCUT2D eigenvalue weighted by Crippen LogP contribution is 2.44. The first-order chi connectivity index (χ1) is 17.0. The van der Waals surface area contributed by atoms with Gasteiger partial charge in [0.05, 0.1) is 24.1 Å². The predicted octanol–water partition coefficient (Wildman–Crippen LogP) is 4.47. The second-order valence-corrected chi connectivity index (χ2v) is 7.99. The van der Waals surface area contributed by atoms with Crippen LogP contribution in [-0.4, -0.2) is 12.1 Å². The Labute approximate surface area is 199 Å². The lowest BCUT2D eigenvalue weighted by Crippen LogP contribution is -2.27. The van der Waals surface area contributed by atoms with E-state index in [9.17, 15) is 14.4 Å². The Morgan fingerprint density at radius 1 is 1.11 bits per heavy atom. The fourth-order valence-corrected chi connectivity index (χ4v) is 4.23. The Balaban J connectivity index is 1.58. The van der Waals surface area contributed by atoms with Crippen molar-refractivity contribution >= 4 is 10.9 Å². The number of nitrogens with two attached hydrogens (primary N) is 1. The Bertz CT molecular complexity index is 1570. The van der Waals surface area contributed by atoms with Crippen LogP contribution < -0.4 is 25.5 Å². The molecule has 1 atom stereocenters. The van der Waals surface area contributed by atoms with Gasteiger partial charge < -0.3 is 24.9 Å². The van der Waals surface area contributed by atoms with Crippen LogP contribution >= 0.6 is 0 Å². The number of nitrogens with zero attached hydrogens (tertiary/aromatic N) is 1. The molecule has 3 aromatic carbocycles. The molecule has 0 aliphatic carbocycles. The van der Waals surface area contributed by atoms with E-state index in [-0.39, 0.29) is 35.0 Å². The maximum atomic E-state index is 13.2. The summed E-state index contributed by atoms with van der Waals surface area (Å²) < 4.78 is 30.4. The summed E-state index contributed by atoms with van der Waals surface area (Å²) in [5, 5.41) is 10.5. The van der Waals surface area contributed by atoms with Gasteiger partial charge in [-0.25, -0.2) is 4.39 Å². The topological polar surface area (TPSA) is 110 Å². The van der Waals surface area contributed by atoms with E-state index >= 15 is 0 Å². The molecule has 4 aromatic rings. The van der Waals surface area contributed by atoms with Gasteiger partial charge in [-0.2, -0.15) is 5.26 Å². The van der Waals surface area contributed by atoms with Crippen LogP contribution in [-0.2, 0) is 6.61 Å². The smallest absolute Gasteiger partial charge is 0.256 e. The molecule has 8 heteroatoms. The number of benzene rings is 3. The van der Waals surface area contributed by atoms with Gasteiger partial charge in [-0.1, -0.05) is 30.3 Å². The number of hydrogen-bond acceptors (Lipinski definition) is 6. The number of allylic oxidation sites excluding steroid dienone is 1. The third-order valence-electron chi connectivity index (χ3n) is 5.91. The molecule has 0 bridgehead atoms. The minimum Gasteiger partial charge on any atom is -0.493 e. The average molecular weight is 469 g/mol. The van der Waals surface area contributed by atoms with Gasteiger partial charge in [-0.3, -0.25) is 4.79 Å². The van der Waals surface area contributed by atoms with E-state index in [1.807, 2.05) is 12.1 Å². The normalized spacial score (nSPS) is 14.7. The van der Waals surface area contributed by atoms with Gasteiger partial charge in [0, 0.05) is 5.39 Å². The van der Waals surface area contributed by atoms with Crippen molar-refractivity contribution in [1.29, 1.82) is 5.26 Å². The lowest BCUT2D eigenvalue weighted by atomic mass is 9.83. The first kappa shape index (κ1) is 22.0. The van der Waals surface area contributed by atoms with E-state index in [1.54, 1.807) is 42.5 Å². The van der Waals surface area contributed by atoms with Crippen LogP contribution in [0, 0.1) is 17.1 Å². The molecule has 35 heavy (non-hydrogen) atoms. The Morgan fingerprint density at radius 3 is 2.63 bits per heavy atom. The standard InChI is InChI=1S/C27H20FN3O4/c1-33-22-12-16(8-11-21(22)34-14-15-6-9-17(28)10-7-15)23-19(13-29)26(30)35-25-18-4-2-3-5-20(18)31-27(32)24(23)25/h2-12,23H,14,30H2,1H3,(H,31,32). The molecular formula is C27H20FN3O4. The summed E-state index contributed by atoms with van der Waals surface area (Å²) in [5.74, 6) is 0.0345. The van der Waals surface area contributed by atoms with Crippen molar-refractivity contribution in [3.8, 4) is 23.3 Å². The van der Waals surface area contributed by atoms with E-state index in [1.165, 1.54) is 19.2 Å². The second kappa shape index (κ2) is 8.88. The largest absolute Gasteiger partial charge is 0.493 e. The summed E-state index contributed by atoms with van der Waals surface area (Å²) in [6.07, 6.45) is 0. The number of ether oxygens (including phenoxy) is 3. The number of hydrogen-bond donors (Lipinski definition) is 2. The van der Waals surface area contributed by atoms with Gasteiger partial charge in [0.1, 0.15) is 29.8 Å². The summed E-state index contributed by atoms with van der Waals surface area (Å²) >= 11 is 0. The molecule has 0 radical (unpaired) electrons. The van der Waals surface area contributed by atoms with Gasteiger partial charge in [0.25, 0.3) is 5.56 Å². The zero-order valence-corrected chi connectivity index (χ0v) is 18.7. The maximum absolute atomic E-state index is 13.2. The molecule has 0 saturated carbocycles. The number of fused-ring (bicyclic) bond motifs is 3. The molecule has 0 spiro atoms. The number of aromatic amines is 1. The summed E-state index contributed by atoms with van der Waals surface area (Å²) in [4.78, 5) is 16.0. The number of para-hydroxylation sites is 1. The molecule has 3 N–H and O–H groups in total. The number of methoxy groups -OCH3 is 1. The van der Waals surface area contributed by atoms with E-state index in [4.69, 9.17) is 19.9 Å². The quantitative estimate of drug-likeness (QED) is 0.446. The number of rotatable bonds is 5. The van der Waals surface area contributed by atoms with Crippen molar-refractivity contribution in [3.63, 3.8) is 0 Å². The van der Waals surface area contributed by atoms with E-state index in [0.717, 1.165) is 5.56 Å². The van der Waals surface area contributed by atoms with Crippen molar-refractivity contribution < 1.29 is 18.6 Å². The number of nitrogens with one attached hydrogen (secondary N) is 1. The molecule has 0 amide bonds. The van der Waals surface area contributed by atoms with Crippen molar-refractivity contribution in [3.05, 3.63) is 111 Å². The minimum atomic E-state index is -0.767. The van der Waals surface area contributed by atoms with Gasteiger partial charge in [0.2, 0.25) is 5.88 Å². The third-order valence-corrected chi connectivity index (χ3v) is 5.91. The third kappa shape index (κ3) is 3.93. The lowest BCUT2D eigenvalue weighted by molar-refractivity contribution is 0.284. The summed E-state index contributed by atoms with van der Waals surface area (Å²) in [6, 6.07) is 20.5. The Morgan fingerprint density at radius 2 is 1.89 bits per heavy atom. The first-order valence-electron chi connectivity index (χ1n) is 10.8. The number of nitriles is 1. The Hall–Kier alpha value is -4.77. The van der Waals surface area contributed by atoms with Gasteiger partial charge in [-0.15, -0.1) is 0 Å². The number of pyridine rings is 1. The van der Waals surface area contributed by atoms with E-state index < -0.39 is 5.92 Å². The molecule has 2 heterocycles. The second-order valence-electron chi connectivity index (χ2n) is 7.99. The van der Waals surface area contributed by atoms with Crippen LogP contribution in [0.5, 0.6) is 17.2 Å². The molecule has 0 saturated heterocycles. The number of halogens is 1. The zero-order valence-electron chi connectivity index (χ0n) is 18.7. The van der Waals surface area contributed by atoms with E-state index in [2.05, 4.69) is 11.1 Å². The van der Waals surface area contributed by atoms with Crippen molar-refractivity contribution in [1.82, 2.24) is 4.98 Å². The lowest BCUT2D eigenvalue weighted by Gasteiger charge is -2.27. The molecular weight excluding hydrogens is 449 g/mol. The maximum Gasteiger partial charge on any atom is 0.256 e. The molecule has 174 valence electrons. The summed E-state index contributed by atoms with van der Waals surface area (Å²) in [7, 11) is 1.50. The van der Waals surface area contributed by atoms with Gasteiger partial charge >= 0.3 is 0 Å². The number of aromatic nitrogens is 1. The van der Waals surface area contributed by atoms with E-state index in [0.29, 0.717) is 33.7 Å². The minimum absolute atomic E-state index is 0.0589. The average Bonchev–Trinajstić information content (AvgIpc) is 2.87. The van der Waals surface area contributed by atoms with Crippen LogP contribution in [0.4, 0.5) is 4.39 Å². The number of H-pyrrole nitrogens is 1. The van der Waals surface area contributed by atoms with Crippen molar-refractivity contribution in [2.75, 3.05) is 7.11 Å². The first-order valence-corrected chi connectivity index (χ1v) is 10.8. The fraction of sp³-hybridized carbons (Fsp3) is 0.111. The monoisotopic (exact) mass is 469 g/mol. The fourth-order valence-electron chi connectivity index (χ4n) is 4.23. The summed E-state index contributed by atoms with van der Waals surface area (Å²) in [5.41, 5.74) is 8.18. The van der Waals surface area contributed by atoms with Crippen LogP contribution in [0.3, 0.4) is 0 Å². The predicted molar refractivity (Wildman–Crippen MR) is 128 cm³/mol. The highest BCUT2D eigenvalue weighted by atomic mass is 19.1. The molecule has 1 aromatic heterocycles.